The Labute approximate surface area is 138 Å². The quantitative estimate of drug-likeness (QED) is 0.703. The van der Waals surface area contributed by atoms with Crippen molar-refractivity contribution in [3.8, 4) is 11.1 Å². The lowest BCUT2D eigenvalue weighted by Gasteiger charge is -2.20. The molecule has 0 amide bonds. The largest absolute Gasteiger partial charge is 0.333 e. The van der Waals surface area contributed by atoms with Crippen molar-refractivity contribution < 1.29 is 0 Å². The number of benzene rings is 2. The van der Waals surface area contributed by atoms with Crippen LogP contribution in [0.25, 0.3) is 11.1 Å². The zero-order valence-electron chi connectivity index (χ0n) is 14.0. The lowest BCUT2D eigenvalue weighted by molar-refractivity contribution is 0.321. The maximum Gasteiger partial charge on any atom is 0.0949 e. The van der Waals surface area contributed by atoms with Gasteiger partial charge in [0.25, 0.3) is 0 Å². The van der Waals surface area contributed by atoms with Gasteiger partial charge in [0.15, 0.2) is 0 Å². The van der Waals surface area contributed by atoms with Crippen molar-refractivity contribution in [3.05, 3.63) is 78.4 Å². The number of hydrogen-bond acceptors (Lipinski definition) is 2. The van der Waals surface area contributed by atoms with Crippen LogP contribution in [-0.2, 0) is 6.54 Å². The zero-order chi connectivity index (χ0) is 16.2. The second-order valence-electron chi connectivity index (χ2n) is 6.20. The molecule has 0 bridgehead atoms. The van der Waals surface area contributed by atoms with Crippen molar-refractivity contribution >= 4 is 0 Å². The molecule has 0 saturated carbocycles. The van der Waals surface area contributed by atoms with E-state index in [9.17, 15) is 0 Å². The summed E-state index contributed by atoms with van der Waals surface area (Å²) >= 11 is 0. The highest BCUT2D eigenvalue weighted by atomic mass is 15.1. The fourth-order valence-corrected chi connectivity index (χ4v) is 2.67. The first kappa shape index (κ1) is 15.5. The van der Waals surface area contributed by atoms with E-state index in [0.29, 0.717) is 6.04 Å². The highest BCUT2D eigenvalue weighted by Crippen LogP contribution is 2.25. The first-order valence-corrected chi connectivity index (χ1v) is 7.95. The molecule has 1 atom stereocenters. The first-order chi connectivity index (χ1) is 11.1. The number of aromatic nitrogens is 2. The minimum atomic E-state index is 0.412. The average Bonchev–Trinajstić information content (AvgIpc) is 3.08. The van der Waals surface area contributed by atoms with Gasteiger partial charge in [0, 0.05) is 25.0 Å². The standard InChI is InChI=1S/C20H23N3/c1-16(22(2)3)19-5-4-6-20(13-19)18-9-7-17(8-10-18)14-23-12-11-21-15-23/h4-13,15-16H,14H2,1-3H3. The lowest BCUT2D eigenvalue weighted by Crippen LogP contribution is -2.16. The molecule has 0 N–H and O–H groups in total. The predicted molar refractivity (Wildman–Crippen MR) is 95.3 cm³/mol. The molecule has 2 aromatic carbocycles. The summed E-state index contributed by atoms with van der Waals surface area (Å²) in [6.45, 7) is 3.09. The van der Waals surface area contributed by atoms with Crippen molar-refractivity contribution in [1.82, 2.24) is 14.5 Å². The van der Waals surface area contributed by atoms with E-state index in [0.717, 1.165) is 6.54 Å². The molecule has 1 aromatic heterocycles. The Hall–Kier alpha value is -2.39. The van der Waals surface area contributed by atoms with E-state index in [-0.39, 0.29) is 0 Å². The Morgan fingerprint density at radius 2 is 1.83 bits per heavy atom. The summed E-state index contributed by atoms with van der Waals surface area (Å²) in [6, 6.07) is 18.0. The molecule has 0 radical (unpaired) electrons. The normalized spacial score (nSPS) is 12.5. The van der Waals surface area contributed by atoms with Gasteiger partial charge in [0.1, 0.15) is 0 Å². The van der Waals surface area contributed by atoms with E-state index < -0.39 is 0 Å². The molecule has 3 heteroatoms. The number of nitrogens with zero attached hydrogens (tertiary/aromatic N) is 3. The molecule has 23 heavy (non-hydrogen) atoms. The summed E-state index contributed by atoms with van der Waals surface area (Å²) in [4.78, 5) is 6.31. The monoisotopic (exact) mass is 305 g/mol. The summed E-state index contributed by atoms with van der Waals surface area (Å²) < 4.78 is 2.08. The third-order valence-corrected chi connectivity index (χ3v) is 4.36. The fraction of sp³-hybridized carbons (Fsp3) is 0.250. The summed E-state index contributed by atoms with van der Waals surface area (Å²) in [5, 5.41) is 0. The van der Waals surface area contributed by atoms with Gasteiger partial charge in [-0.05, 0) is 49.3 Å². The van der Waals surface area contributed by atoms with Crippen LogP contribution in [0.15, 0.2) is 67.3 Å². The molecular formula is C20H23N3. The van der Waals surface area contributed by atoms with Crippen LogP contribution in [0.2, 0.25) is 0 Å². The maximum atomic E-state index is 4.08. The van der Waals surface area contributed by atoms with E-state index in [1.165, 1.54) is 22.3 Å². The van der Waals surface area contributed by atoms with E-state index in [4.69, 9.17) is 0 Å². The highest BCUT2D eigenvalue weighted by Gasteiger charge is 2.08. The van der Waals surface area contributed by atoms with Gasteiger partial charge in [-0.15, -0.1) is 0 Å². The van der Waals surface area contributed by atoms with Crippen LogP contribution in [0.5, 0.6) is 0 Å². The number of imidazole rings is 1. The molecular weight excluding hydrogens is 282 g/mol. The van der Waals surface area contributed by atoms with Crippen LogP contribution in [0.1, 0.15) is 24.1 Å². The summed E-state index contributed by atoms with van der Waals surface area (Å²) in [7, 11) is 4.23. The van der Waals surface area contributed by atoms with Crippen molar-refractivity contribution in [1.29, 1.82) is 0 Å². The molecule has 0 aliphatic rings. The SMILES string of the molecule is CC(c1cccc(-c2ccc(Cn3ccnc3)cc2)c1)N(C)C. The van der Waals surface area contributed by atoms with Crippen molar-refractivity contribution in [2.45, 2.75) is 19.5 Å². The Kier molecular flexibility index (Phi) is 4.58. The molecule has 3 nitrogen and oxygen atoms in total. The molecule has 3 rings (SSSR count). The number of rotatable bonds is 5. The second kappa shape index (κ2) is 6.80. The highest BCUT2D eigenvalue weighted by molar-refractivity contribution is 5.64. The molecule has 0 aliphatic heterocycles. The summed E-state index contributed by atoms with van der Waals surface area (Å²) in [6.07, 6.45) is 5.64. The van der Waals surface area contributed by atoms with Crippen molar-refractivity contribution in [2.24, 2.45) is 0 Å². The predicted octanol–water partition coefficient (Wildman–Crippen LogP) is 4.22. The van der Waals surface area contributed by atoms with Crippen LogP contribution >= 0.6 is 0 Å². The van der Waals surface area contributed by atoms with Crippen LogP contribution in [0.3, 0.4) is 0 Å². The van der Waals surface area contributed by atoms with E-state index >= 15 is 0 Å². The number of hydrogen-bond donors (Lipinski definition) is 0. The lowest BCUT2D eigenvalue weighted by atomic mass is 9.99. The first-order valence-electron chi connectivity index (χ1n) is 7.95. The molecule has 1 heterocycles. The smallest absolute Gasteiger partial charge is 0.0949 e. The van der Waals surface area contributed by atoms with E-state index in [2.05, 4.69) is 84.0 Å². The van der Waals surface area contributed by atoms with Crippen molar-refractivity contribution in [2.75, 3.05) is 14.1 Å². The Balaban J connectivity index is 1.80. The van der Waals surface area contributed by atoms with E-state index in [1.807, 2.05) is 18.7 Å². The summed E-state index contributed by atoms with van der Waals surface area (Å²) in [5.74, 6) is 0. The van der Waals surface area contributed by atoms with Gasteiger partial charge in [0.05, 0.1) is 6.33 Å². The maximum absolute atomic E-state index is 4.08. The van der Waals surface area contributed by atoms with Crippen LogP contribution in [0, 0.1) is 0 Å². The minimum Gasteiger partial charge on any atom is -0.333 e. The second-order valence-corrected chi connectivity index (χ2v) is 6.20. The molecule has 0 saturated heterocycles. The van der Waals surface area contributed by atoms with Crippen LogP contribution in [0.4, 0.5) is 0 Å². The Morgan fingerprint density at radius 3 is 2.48 bits per heavy atom. The average molecular weight is 305 g/mol. The minimum absolute atomic E-state index is 0.412. The van der Waals surface area contributed by atoms with Crippen molar-refractivity contribution in [3.63, 3.8) is 0 Å². The molecule has 118 valence electrons. The molecule has 3 aromatic rings. The van der Waals surface area contributed by atoms with Gasteiger partial charge in [-0.1, -0.05) is 42.5 Å². The zero-order valence-corrected chi connectivity index (χ0v) is 14.0. The molecule has 0 spiro atoms. The van der Waals surface area contributed by atoms with Gasteiger partial charge in [0.2, 0.25) is 0 Å². The third-order valence-electron chi connectivity index (χ3n) is 4.36. The Morgan fingerprint density at radius 1 is 1.04 bits per heavy atom. The summed E-state index contributed by atoms with van der Waals surface area (Å²) in [5.41, 5.74) is 5.15. The molecule has 1 unspecified atom stereocenters. The van der Waals surface area contributed by atoms with E-state index in [1.54, 1.807) is 0 Å². The fourth-order valence-electron chi connectivity index (χ4n) is 2.67. The van der Waals surface area contributed by atoms with Gasteiger partial charge in [-0.2, -0.15) is 0 Å². The van der Waals surface area contributed by atoms with Gasteiger partial charge >= 0.3 is 0 Å². The van der Waals surface area contributed by atoms with Gasteiger partial charge < -0.3 is 9.47 Å². The molecule has 0 fully saturated rings. The van der Waals surface area contributed by atoms with Gasteiger partial charge in [-0.3, -0.25) is 0 Å². The third kappa shape index (κ3) is 3.69. The molecule has 0 aliphatic carbocycles. The Bertz CT molecular complexity index is 743. The van der Waals surface area contributed by atoms with Crippen LogP contribution < -0.4 is 0 Å². The van der Waals surface area contributed by atoms with Gasteiger partial charge in [-0.25, -0.2) is 4.98 Å². The topological polar surface area (TPSA) is 21.1 Å². The van der Waals surface area contributed by atoms with Crippen LogP contribution in [-0.4, -0.2) is 28.5 Å².